The fraction of sp³-hybridized carbons (Fsp3) is 0.167. The zero-order valence-electron chi connectivity index (χ0n) is 12.2. The molecule has 1 amide bonds. The summed E-state index contributed by atoms with van der Waals surface area (Å²) in [5.41, 5.74) is 1.80. The van der Waals surface area contributed by atoms with E-state index >= 15 is 0 Å². The summed E-state index contributed by atoms with van der Waals surface area (Å²) in [6.07, 6.45) is 0.321. The van der Waals surface area contributed by atoms with Gasteiger partial charge >= 0.3 is 0 Å². The molecule has 2 rings (SSSR count). The number of halogens is 1. The van der Waals surface area contributed by atoms with E-state index in [1.165, 1.54) is 0 Å². The van der Waals surface area contributed by atoms with Crippen LogP contribution in [0.15, 0.2) is 48.5 Å². The molecule has 22 heavy (non-hydrogen) atoms. The first-order chi connectivity index (χ1) is 10.7. The second kappa shape index (κ2) is 8.11. The van der Waals surface area contributed by atoms with Gasteiger partial charge < -0.3 is 10.1 Å². The summed E-state index contributed by atoms with van der Waals surface area (Å²) in [7, 11) is 1.62. The van der Waals surface area contributed by atoms with Crippen molar-refractivity contribution in [1.82, 2.24) is 5.32 Å². The van der Waals surface area contributed by atoms with Crippen LogP contribution in [0.4, 0.5) is 0 Å². The van der Waals surface area contributed by atoms with E-state index in [1.807, 2.05) is 36.4 Å². The molecule has 0 unspecified atom stereocenters. The smallest absolute Gasteiger partial charge is 0.225 e. The first-order valence-corrected chi connectivity index (χ1v) is 7.19. The number of ether oxygens (including phenoxy) is 1. The summed E-state index contributed by atoms with van der Waals surface area (Å²) in [4.78, 5) is 11.8. The molecule has 2 aromatic carbocycles. The maximum absolute atomic E-state index is 11.8. The van der Waals surface area contributed by atoms with Gasteiger partial charge in [0.2, 0.25) is 5.91 Å². The third-order valence-corrected chi connectivity index (χ3v) is 3.23. The Morgan fingerprint density at radius 1 is 1.14 bits per heavy atom. The number of hydrogen-bond donors (Lipinski definition) is 1. The highest BCUT2D eigenvalue weighted by Gasteiger charge is 2.01. The van der Waals surface area contributed by atoms with Gasteiger partial charge in [-0.05, 0) is 42.0 Å². The van der Waals surface area contributed by atoms with Gasteiger partial charge in [-0.3, -0.25) is 4.79 Å². The lowest BCUT2D eigenvalue weighted by atomic mass is 10.1. The van der Waals surface area contributed by atoms with Crippen molar-refractivity contribution in [2.24, 2.45) is 0 Å². The maximum Gasteiger partial charge on any atom is 0.225 e. The van der Waals surface area contributed by atoms with Crippen molar-refractivity contribution in [3.63, 3.8) is 0 Å². The van der Waals surface area contributed by atoms with Gasteiger partial charge in [-0.1, -0.05) is 35.6 Å². The van der Waals surface area contributed by atoms with Gasteiger partial charge in [0.15, 0.2) is 0 Å². The molecule has 0 aliphatic carbocycles. The van der Waals surface area contributed by atoms with E-state index in [-0.39, 0.29) is 5.91 Å². The molecular formula is C18H16ClNO2. The normalized spacial score (nSPS) is 9.55. The number of carbonyl (C=O) groups excluding carboxylic acids is 1. The van der Waals surface area contributed by atoms with Crippen molar-refractivity contribution in [3.05, 3.63) is 64.7 Å². The van der Waals surface area contributed by atoms with Crippen molar-refractivity contribution < 1.29 is 9.53 Å². The quantitative estimate of drug-likeness (QED) is 0.881. The van der Waals surface area contributed by atoms with Gasteiger partial charge in [0.1, 0.15) is 5.75 Å². The minimum Gasteiger partial charge on any atom is -0.497 e. The van der Waals surface area contributed by atoms with Crippen molar-refractivity contribution >= 4 is 17.5 Å². The molecule has 2 aromatic rings. The summed E-state index contributed by atoms with van der Waals surface area (Å²) >= 11 is 5.80. The average Bonchev–Trinajstić information content (AvgIpc) is 2.54. The van der Waals surface area contributed by atoms with Gasteiger partial charge in [-0.15, -0.1) is 0 Å². The number of carbonyl (C=O) groups is 1. The third kappa shape index (κ3) is 5.16. The molecule has 1 N–H and O–H groups in total. The van der Waals surface area contributed by atoms with Crippen LogP contribution in [-0.4, -0.2) is 19.6 Å². The van der Waals surface area contributed by atoms with Gasteiger partial charge in [-0.25, -0.2) is 0 Å². The molecule has 0 spiro atoms. The zero-order chi connectivity index (χ0) is 15.8. The van der Waals surface area contributed by atoms with E-state index in [4.69, 9.17) is 16.3 Å². The summed E-state index contributed by atoms with van der Waals surface area (Å²) in [5.74, 6) is 6.64. The van der Waals surface area contributed by atoms with Crippen LogP contribution in [0.2, 0.25) is 5.02 Å². The minimum atomic E-state index is -0.0636. The predicted molar refractivity (Wildman–Crippen MR) is 88.0 cm³/mol. The standard InChI is InChI=1S/C18H16ClNO2/c1-22-17-10-6-14(7-11-17)3-2-12-20-18(21)13-15-4-8-16(19)9-5-15/h4-11H,12-13H2,1H3,(H,20,21). The van der Waals surface area contributed by atoms with Gasteiger partial charge in [0, 0.05) is 10.6 Å². The molecule has 0 saturated carbocycles. The monoisotopic (exact) mass is 313 g/mol. The Bertz CT molecular complexity index is 682. The highest BCUT2D eigenvalue weighted by molar-refractivity contribution is 6.30. The first kappa shape index (κ1) is 15.9. The van der Waals surface area contributed by atoms with Crippen LogP contribution in [0.1, 0.15) is 11.1 Å². The number of hydrogen-bond acceptors (Lipinski definition) is 2. The largest absolute Gasteiger partial charge is 0.497 e. The topological polar surface area (TPSA) is 38.3 Å². The van der Waals surface area contributed by atoms with Gasteiger partial charge in [0.05, 0.1) is 20.1 Å². The molecule has 0 atom stereocenters. The summed E-state index contributed by atoms with van der Waals surface area (Å²) in [6.45, 7) is 0.318. The van der Waals surface area contributed by atoms with Crippen LogP contribution in [-0.2, 0) is 11.2 Å². The lowest BCUT2D eigenvalue weighted by Gasteiger charge is -2.02. The minimum absolute atomic E-state index is 0.0636. The Morgan fingerprint density at radius 3 is 2.45 bits per heavy atom. The van der Waals surface area contributed by atoms with E-state index in [2.05, 4.69) is 17.2 Å². The molecule has 0 bridgehead atoms. The predicted octanol–water partition coefficient (Wildman–Crippen LogP) is 3.06. The highest BCUT2D eigenvalue weighted by Crippen LogP contribution is 2.10. The molecule has 0 saturated heterocycles. The van der Waals surface area contributed by atoms with Crippen LogP contribution in [0.5, 0.6) is 5.75 Å². The van der Waals surface area contributed by atoms with E-state index in [9.17, 15) is 4.79 Å². The van der Waals surface area contributed by atoms with Crippen molar-refractivity contribution in [1.29, 1.82) is 0 Å². The van der Waals surface area contributed by atoms with E-state index in [0.717, 1.165) is 16.9 Å². The molecule has 0 heterocycles. The molecule has 4 heteroatoms. The van der Waals surface area contributed by atoms with Crippen LogP contribution >= 0.6 is 11.6 Å². The van der Waals surface area contributed by atoms with Crippen LogP contribution in [0, 0.1) is 11.8 Å². The van der Waals surface area contributed by atoms with E-state index < -0.39 is 0 Å². The molecular weight excluding hydrogens is 298 g/mol. The molecule has 0 aliphatic heterocycles. The van der Waals surface area contributed by atoms with Crippen molar-refractivity contribution in [2.75, 3.05) is 13.7 Å². The molecule has 0 aliphatic rings. The summed E-state index contributed by atoms with van der Waals surface area (Å²) in [5, 5.41) is 3.43. The SMILES string of the molecule is COc1ccc(C#CCNC(=O)Cc2ccc(Cl)cc2)cc1. The fourth-order valence-corrected chi connectivity index (χ4v) is 1.94. The van der Waals surface area contributed by atoms with Crippen LogP contribution in [0.25, 0.3) is 0 Å². The van der Waals surface area contributed by atoms with E-state index in [1.54, 1.807) is 19.2 Å². The number of amides is 1. The molecule has 0 radical (unpaired) electrons. The average molecular weight is 314 g/mol. The highest BCUT2D eigenvalue weighted by atomic mass is 35.5. The molecule has 0 fully saturated rings. The third-order valence-electron chi connectivity index (χ3n) is 2.97. The Morgan fingerprint density at radius 2 is 1.82 bits per heavy atom. The summed E-state index contributed by atoms with van der Waals surface area (Å²) < 4.78 is 5.08. The van der Waals surface area contributed by atoms with Crippen molar-refractivity contribution in [2.45, 2.75) is 6.42 Å². The maximum atomic E-state index is 11.8. The number of benzene rings is 2. The number of nitrogens with one attached hydrogen (secondary N) is 1. The second-order valence-electron chi connectivity index (χ2n) is 4.61. The summed E-state index contributed by atoms with van der Waals surface area (Å²) in [6, 6.07) is 14.7. The molecule has 112 valence electrons. The first-order valence-electron chi connectivity index (χ1n) is 6.81. The van der Waals surface area contributed by atoms with E-state index in [0.29, 0.717) is 18.0 Å². The Balaban J connectivity index is 1.79. The van der Waals surface area contributed by atoms with Gasteiger partial charge in [0.25, 0.3) is 0 Å². The molecule has 0 aromatic heterocycles. The Hall–Kier alpha value is -2.44. The fourth-order valence-electron chi connectivity index (χ4n) is 1.81. The second-order valence-corrected chi connectivity index (χ2v) is 5.05. The lowest BCUT2D eigenvalue weighted by Crippen LogP contribution is -2.25. The Kier molecular flexibility index (Phi) is 5.88. The number of rotatable bonds is 4. The number of methoxy groups -OCH3 is 1. The van der Waals surface area contributed by atoms with Crippen LogP contribution in [0.3, 0.4) is 0 Å². The van der Waals surface area contributed by atoms with Crippen LogP contribution < -0.4 is 10.1 Å². The van der Waals surface area contributed by atoms with Crippen molar-refractivity contribution in [3.8, 4) is 17.6 Å². The lowest BCUT2D eigenvalue weighted by molar-refractivity contribution is -0.120. The zero-order valence-corrected chi connectivity index (χ0v) is 13.0. The van der Waals surface area contributed by atoms with Gasteiger partial charge in [-0.2, -0.15) is 0 Å². The Labute approximate surface area is 135 Å². The molecule has 3 nitrogen and oxygen atoms in total.